The van der Waals surface area contributed by atoms with Crippen molar-refractivity contribution >= 4 is 27.7 Å². The molecule has 3 rings (SSSR count). The Balaban J connectivity index is 1.45. The zero-order chi connectivity index (χ0) is 20.7. The van der Waals surface area contributed by atoms with Crippen molar-refractivity contribution in [2.24, 2.45) is 5.92 Å². The number of thioether (sulfide) groups is 1. The Morgan fingerprint density at radius 1 is 1.17 bits per heavy atom. The van der Waals surface area contributed by atoms with Gasteiger partial charge in [-0.25, -0.2) is 8.42 Å². The van der Waals surface area contributed by atoms with Crippen LogP contribution in [0.15, 0.2) is 59.5 Å². The molecule has 156 valence electrons. The third-order valence-electron chi connectivity index (χ3n) is 5.03. The molecule has 1 aliphatic heterocycles. The van der Waals surface area contributed by atoms with E-state index in [-0.39, 0.29) is 23.3 Å². The van der Waals surface area contributed by atoms with Crippen molar-refractivity contribution in [1.29, 1.82) is 0 Å². The number of aryl methyl sites for hydroxylation is 1. The van der Waals surface area contributed by atoms with Gasteiger partial charge in [0.05, 0.1) is 10.8 Å². The molecule has 0 aliphatic carbocycles. The topological polar surface area (TPSA) is 66.5 Å². The maximum Gasteiger partial charge on any atom is 0.243 e. The number of nitrogens with one attached hydrogen (secondary N) is 1. The highest BCUT2D eigenvalue weighted by Crippen LogP contribution is 2.23. The van der Waals surface area contributed by atoms with Crippen LogP contribution in [0.3, 0.4) is 0 Å². The van der Waals surface area contributed by atoms with Gasteiger partial charge in [0.25, 0.3) is 0 Å². The molecule has 0 bridgehead atoms. The zero-order valence-electron chi connectivity index (χ0n) is 16.7. The Kier molecular flexibility index (Phi) is 7.75. The number of hydrogen-bond acceptors (Lipinski definition) is 4. The number of carbonyl (C=O) groups is 1. The Bertz CT molecular complexity index is 917. The summed E-state index contributed by atoms with van der Waals surface area (Å²) in [5.74, 6) is 1.42. The summed E-state index contributed by atoms with van der Waals surface area (Å²) >= 11 is 1.78. The highest BCUT2D eigenvalue weighted by molar-refractivity contribution is 7.98. The number of hydrogen-bond donors (Lipinski definition) is 1. The SMILES string of the molecule is Cc1cccc(CSCCNC(=O)[C@@H]2CCCN(S(=O)(=O)c3ccccc3)C2)c1. The van der Waals surface area contributed by atoms with Crippen LogP contribution >= 0.6 is 11.8 Å². The van der Waals surface area contributed by atoms with Crippen molar-refractivity contribution in [1.82, 2.24) is 9.62 Å². The van der Waals surface area contributed by atoms with Crippen molar-refractivity contribution in [3.05, 3.63) is 65.7 Å². The Labute approximate surface area is 177 Å². The van der Waals surface area contributed by atoms with Crippen LogP contribution in [-0.4, -0.2) is 44.0 Å². The predicted molar refractivity (Wildman–Crippen MR) is 118 cm³/mol. The van der Waals surface area contributed by atoms with Gasteiger partial charge >= 0.3 is 0 Å². The summed E-state index contributed by atoms with van der Waals surface area (Å²) in [6.45, 7) is 3.39. The van der Waals surface area contributed by atoms with Crippen LogP contribution < -0.4 is 5.32 Å². The molecule has 7 heteroatoms. The van der Waals surface area contributed by atoms with E-state index in [4.69, 9.17) is 0 Å². The van der Waals surface area contributed by atoms with Crippen molar-refractivity contribution in [3.8, 4) is 0 Å². The number of piperidine rings is 1. The second kappa shape index (κ2) is 10.3. The Morgan fingerprint density at radius 3 is 2.72 bits per heavy atom. The molecule has 1 amide bonds. The Morgan fingerprint density at radius 2 is 1.97 bits per heavy atom. The van der Waals surface area contributed by atoms with Gasteiger partial charge in [0.2, 0.25) is 15.9 Å². The van der Waals surface area contributed by atoms with Crippen molar-refractivity contribution < 1.29 is 13.2 Å². The smallest absolute Gasteiger partial charge is 0.243 e. The fraction of sp³-hybridized carbons (Fsp3) is 0.409. The second-order valence-corrected chi connectivity index (χ2v) is 10.4. The Hall–Kier alpha value is -1.83. The highest BCUT2D eigenvalue weighted by atomic mass is 32.2. The van der Waals surface area contributed by atoms with E-state index in [1.807, 2.05) is 0 Å². The number of benzene rings is 2. The van der Waals surface area contributed by atoms with Gasteiger partial charge in [-0.3, -0.25) is 4.79 Å². The first-order valence-corrected chi connectivity index (χ1v) is 12.5. The second-order valence-electron chi connectivity index (χ2n) is 7.35. The minimum atomic E-state index is -3.54. The number of sulfonamides is 1. The van der Waals surface area contributed by atoms with Crippen LogP contribution in [0, 0.1) is 12.8 Å². The molecule has 1 heterocycles. The highest BCUT2D eigenvalue weighted by Gasteiger charge is 2.33. The normalized spacial score (nSPS) is 17.8. The van der Waals surface area contributed by atoms with Crippen LogP contribution in [0.2, 0.25) is 0 Å². The maximum atomic E-state index is 12.8. The van der Waals surface area contributed by atoms with Crippen LogP contribution in [0.5, 0.6) is 0 Å². The van der Waals surface area contributed by atoms with Crippen LogP contribution in [0.25, 0.3) is 0 Å². The predicted octanol–water partition coefficient (Wildman–Crippen LogP) is 3.45. The maximum absolute atomic E-state index is 12.8. The van der Waals surface area contributed by atoms with E-state index in [0.717, 1.165) is 17.9 Å². The average molecular weight is 433 g/mol. The molecule has 1 fully saturated rings. The minimum Gasteiger partial charge on any atom is -0.355 e. The number of amides is 1. The number of nitrogens with zero attached hydrogens (tertiary/aromatic N) is 1. The van der Waals surface area contributed by atoms with Gasteiger partial charge in [-0.05, 0) is 37.5 Å². The first-order valence-electron chi connectivity index (χ1n) is 9.93. The van der Waals surface area contributed by atoms with Crippen molar-refractivity contribution in [3.63, 3.8) is 0 Å². The molecule has 0 aromatic heterocycles. The third kappa shape index (κ3) is 6.07. The quantitative estimate of drug-likeness (QED) is 0.649. The molecule has 0 unspecified atom stereocenters. The lowest BCUT2D eigenvalue weighted by atomic mass is 9.99. The minimum absolute atomic E-state index is 0.0471. The van der Waals surface area contributed by atoms with Crippen LogP contribution in [0.4, 0.5) is 0 Å². The van der Waals surface area contributed by atoms with E-state index in [1.54, 1.807) is 42.1 Å². The molecule has 1 atom stereocenters. The fourth-order valence-electron chi connectivity index (χ4n) is 3.50. The summed E-state index contributed by atoms with van der Waals surface area (Å²) in [7, 11) is -3.54. The molecule has 29 heavy (non-hydrogen) atoms. The van der Waals surface area contributed by atoms with Gasteiger partial charge < -0.3 is 5.32 Å². The average Bonchev–Trinajstić information content (AvgIpc) is 2.74. The van der Waals surface area contributed by atoms with E-state index in [9.17, 15) is 13.2 Å². The van der Waals surface area contributed by atoms with Gasteiger partial charge in [0.1, 0.15) is 0 Å². The monoisotopic (exact) mass is 432 g/mol. The van der Waals surface area contributed by atoms with Crippen molar-refractivity contribution in [2.45, 2.75) is 30.4 Å². The summed E-state index contributed by atoms with van der Waals surface area (Å²) in [6.07, 6.45) is 1.43. The van der Waals surface area contributed by atoms with E-state index in [2.05, 4.69) is 36.5 Å². The molecular formula is C22H28N2O3S2. The summed E-state index contributed by atoms with van der Waals surface area (Å²) in [5.41, 5.74) is 2.54. The molecule has 0 radical (unpaired) electrons. The fourth-order valence-corrected chi connectivity index (χ4v) is 5.85. The molecule has 1 aliphatic rings. The van der Waals surface area contributed by atoms with Gasteiger partial charge in [-0.15, -0.1) is 0 Å². The molecular weight excluding hydrogens is 404 g/mol. The van der Waals surface area contributed by atoms with E-state index in [1.165, 1.54) is 15.4 Å². The van der Waals surface area contributed by atoms with Gasteiger partial charge in [0, 0.05) is 31.1 Å². The zero-order valence-corrected chi connectivity index (χ0v) is 18.3. The lowest BCUT2D eigenvalue weighted by Gasteiger charge is -2.31. The van der Waals surface area contributed by atoms with Gasteiger partial charge in [-0.1, -0.05) is 48.0 Å². The van der Waals surface area contributed by atoms with Gasteiger partial charge in [-0.2, -0.15) is 16.1 Å². The molecule has 0 spiro atoms. The molecule has 5 nitrogen and oxygen atoms in total. The van der Waals surface area contributed by atoms with Crippen LogP contribution in [-0.2, 0) is 20.6 Å². The summed E-state index contributed by atoms with van der Waals surface area (Å²) in [5, 5.41) is 2.98. The molecule has 2 aromatic rings. The number of rotatable bonds is 8. The first-order chi connectivity index (χ1) is 14.0. The van der Waals surface area contributed by atoms with Crippen molar-refractivity contribution in [2.75, 3.05) is 25.4 Å². The van der Waals surface area contributed by atoms with E-state index < -0.39 is 10.0 Å². The summed E-state index contributed by atoms with van der Waals surface area (Å²) in [4.78, 5) is 12.8. The largest absolute Gasteiger partial charge is 0.355 e. The number of carbonyl (C=O) groups excluding carboxylic acids is 1. The lowest BCUT2D eigenvalue weighted by Crippen LogP contribution is -2.45. The third-order valence-corrected chi connectivity index (χ3v) is 7.94. The lowest BCUT2D eigenvalue weighted by molar-refractivity contribution is -0.125. The van der Waals surface area contributed by atoms with Gasteiger partial charge in [0.15, 0.2) is 0 Å². The summed E-state index contributed by atoms with van der Waals surface area (Å²) < 4.78 is 27.1. The molecule has 2 aromatic carbocycles. The standard InChI is InChI=1S/C22H28N2O3S2/c1-18-7-5-8-19(15-18)17-28-14-12-23-22(25)20-9-6-13-24(16-20)29(26,27)21-10-3-2-4-11-21/h2-5,7-8,10-11,15,20H,6,9,12-14,16-17H2,1H3,(H,23,25)/t20-/m1/s1. The molecule has 1 N–H and O–H groups in total. The summed E-state index contributed by atoms with van der Waals surface area (Å²) in [6, 6.07) is 16.9. The van der Waals surface area contributed by atoms with E-state index >= 15 is 0 Å². The molecule has 1 saturated heterocycles. The first kappa shape index (κ1) is 21.9. The van der Waals surface area contributed by atoms with E-state index in [0.29, 0.717) is 19.5 Å². The molecule has 0 saturated carbocycles. The van der Waals surface area contributed by atoms with Crippen LogP contribution in [0.1, 0.15) is 24.0 Å².